The Morgan fingerprint density at radius 2 is 1.92 bits per heavy atom. The Hall–Kier alpha value is -3.78. The largest absolute Gasteiger partial charge is 0.493 e. The lowest BCUT2D eigenvalue weighted by atomic mass is 10.1. The lowest BCUT2D eigenvalue weighted by molar-refractivity contribution is 0.0781. The van der Waals surface area contributed by atoms with E-state index >= 15 is 0 Å². The number of ether oxygens (including phenoxy) is 1. The lowest BCUT2D eigenvalue weighted by Crippen LogP contribution is -2.28. The van der Waals surface area contributed by atoms with Crippen molar-refractivity contribution in [1.29, 1.82) is 0 Å². The quantitative estimate of drug-likeness (QED) is 0.350. The van der Waals surface area contributed by atoms with Crippen LogP contribution in [0.25, 0.3) is 22.3 Å². The summed E-state index contributed by atoms with van der Waals surface area (Å²) >= 11 is 0. The van der Waals surface area contributed by atoms with Gasteiger partial charge in [-0.15, -0.1) is 0 Å². The number of hydrogen-bond donors (Lipinski definition) is 1. The molecule has 0 aliphatic heterocycles. The zero-order chi connectivity index (χ0) is 25.8. The third-order valence-corrected chi connectivity index (χ3v) is 6.32. The van der Waals surface area contributed by atoms with Gasteiger partial charge in [0.2, 0.25) is 0 Å². The maximum atomic E-state index is 13.7. The van der Waals surface area contributed by atoms with Gasteiger partial charge in [0.15, 0.2) is 5.82 Å². The summed E-state index contributed by atoms with van der Waals surface area (Å²) in [6.45, 7) is 9.79. The Bertz CT molecular complexity index is 1400. The predicted octanol–water partition coefficient (Wildman–Crippen LogP) is 4.47. The Labute approximate surface area is 211 Å². The number of carbonyl (C=O) groups is 1. The molecule has 0 fully saturated rings. The molecule has 0 aliphatic carbocycles. The second kappa shape index (κ2) is 10.9. The highest BCUT2D eigenvalue weighted by molar-refractivity contribution is 6.05. The van der Waals surface area contributed by atoms with Crippen molar-refractivity contribution in [3.05, 3.63) is 70.7 Å². The second-order valence-corrected chi connectivity index (χ2v) is 9.05. The maximum absolute atomic E-state index is 13.7. The number of carbonyl (C=O) groups excluding carboxylic acids is 1. The van der Waals surface area contributed by atoms with Gasteiger partial charge in [-0.05, 0) is 63.6 Å². The molecule has 0 aliphatic rings. The molecule has 188 valence electrons. The van der Waals surface area contributed by atoms with Crippen LogP contribution in [0.15, 0.2) is 42.6 Å². The number of benzene rings is 2. The summed E-state index contributed by atoms with van der Waals surface area (Å²) < 4.78 is 7.63. The summed E-state index contributed by atoms with van der Waals surface area (Å²) in [4.78, 5) is 25.0. The summed E-state index contributed by atoms with van der Waals surface area (Å²) in [5.74, 6) is 1.05. The Balaban J connectivity index is 1.71. The Morgan fingerprint density at radius 1 is 1.11 bits per heavy atom. The molecule has 2 aromatic carbocycles. The van der Waals surface area contributed by atoms with Crippen LogP contribution >= 0.6 is 0 Å². The van der Waals surface area contributed by atoms with Crippen molar-refractivity contribution < 1.29 is 14.6 Å². The topological polar surface area (TPSA) is 93.4 Å². The number of aryl methyl sites for hydroxylation is 3. The van der Waals surface area contributed by atoms with Crippen molar-refractivity contribution in [2.45, 2.75) is 47.2 Å². The van der Waals surface area contributed by atoms with Crippen LogP contribution in [0.5, 0.6) is 5.75 Å². The first kappa shape index (κ1) is 25.3. The van der Waals surface area contributed by atoms with Gasteiger partial charge in [-0.3, -0.25) is 9.48 Å². The van der Waals surface area contributed by atoms with E-state index < -0.39 is 0 Å². The highest BCUT2D eigenvalue weighted by Gasteiger charge is 2.21. The monoisotopic (exact) mass is 487 g/mol. The minimum atomic E-state index is -0.167. The normalized spacial score (nSPS) is 11.2. The first-order chi connectivity index (χ1) is 17.3. The van der Waals surface area contributed by atoms with E-state index in [4.69, 9.17) is 19.8 Å². The molecule has 1 N–H and O–H groups in total. The average molecular weight is 488 g/mol. The average Bonchev–Trinajstić information content (AvgIpc) is 3.22. The predicted molar refractivity (Wildman–Crippen MR) is 140 cm³/mol. The smallest absolute Gasteiger partial charge is 0.273 e. The molecule has 8 nitrogen and oxygen atoms in total. The Kier molecular flexibility index (Phi) is 7.64. The molecular formula is C28H33N5O3. The molecule has 4 rings (SSSR count). The van der Waals surface area contributed by atoms with Crippen LogP contribution in [0.3, 0.4) is 0 Å². The number of fused-ring (bicyclic) bond motifs is 1. The van der Waals surface area contributed by atoms with Crippen LogP contribution in [0.1, 0.15) is 46.2 Å². The summed E-state index contributed by atoms with van der Waals surface area (Å²) in [6.07, 6.45) is 2.40. The van der Waals surface area contributed by atoms with Crippen molar-refractivity contribution >= 4 is 16.8 Å². The number of rotatable bonds is 9. The maximum Gasteiger partial charge on any atom is 0.273 e. The van der Waals surface area contributed by atoms with Crippen molar-refractivity contribution in [2.24, 2.45) is 0 Å². The van der Waals surface area contributed by atoms with Crippen LogP contribution < -0.4 is 4.74 Å². The van der Waals surface area contributed by atoms with Gasteiger partial charge < -0.3 is 14.7 Å². The molecule has 36 heavy (non-hydrogen) atoms. The Morgan fingerprint density at radius 3 is 2.61 bits per heavy atom. The lowest BCUT2D eigenvalue weighted by Gasteiger charge is -2.18. The van der Waals surface area contributed by atoms with Gasteiger partial charge in [-0.2, -0.15) is 5.10 Å². The second-order valence-electron chi connectivity index (χ2n) is 9.05. The number of aliphatic hydroxyl groups excluding tert-OH is 1. The SMILES string of the molecule is CCn1ncc(CN(C)C(=O)c2nc(-c3ccc(OCCCO)cc3C)nc3ccc(C)cc23)c1C. The number of nitrogens with zero attached hydrogens (tertiary/aromatic N) is 5. The van der Waals surface area contributed by atoms with E-state index in [1.165, 1.54) is 0 Å². The van der Waals surface area contributed by atoms with Crippen molar-refractivity contribution in [1.82, 2.24) is 24.6 Å². The summed E-state index contributed by atoms with van der Waals surface area (Å²) in [7, 11) is 1.79. The molecule has 2 aromatic heterocycles. The first-order valence-corrected chi connectivity index (χ1v) is 12.2. The van der Waals surface area contributed by atoms with Crippen molar-refractivity contribution in [3.63, 3.8) is 0 Å². The van der Waals surface area contributed by atoms with E-state index in [0.717, 1.165) is 51.1 Å². The molecule has 0 atom stereocenters. The van der Waals surface area contributed by atoms with Gasteiger partial charge in [0, 0.05) is 55.4 Å². The number of amides is 1. The van der Waals surface area contributed by atoms with Gasteiger partial charge >= 0.3 is 0 Å². The zero-order valence-electron chi connectivity index (χ0n) is 21.6. The van der Waals surface area contributed by atoms with Gasteiger partial charge in [0.25, 0.3) is 5.91 Å². The van der Waals surface area contributed by atoms with Crippen LogP contribution in [0.4, 0.5) is 0 Å². The molecule has 0 saturated carbocycles. The number of aliphatic hydroxyl groups is 1. The van der Waals surface area contributed by atoms with Crippen LogP contribution in [-0.4, -0.2) is 55.9 Å². The van der Waals surface area contributed by atoms with Crippen LogP contribution in [0.2, 0.25) is 0 Å². The van der Waals surface area contributed by atoms with E-state index in [1.54, 1.807) is 11.9 Å². The van der Waals surface area contributed by atoms with Crippen molar-refractivity contribution in [2.75, 3.05) is 20.3 Å². The fraction of sp³-hybridized carbons (Fsp3) is 0.357. The van der Waals surface area contributed by atoms with E-state index in [9.17, 15) is 4.79 Å². The standard InChI is InChI=1S/C28H33N5O3/c1-6-33-20(4)21(16-29-33)17-32(5)28(35)26-24-14-18(2)8-11-25(24)30-27(31-26)23-10-9-22(15-19(23)3)36-13-7-12-34/h8-11,14-16,34H,6-7,12-13,17H2,1-5H3. The summed E-state index contributed by atoms with van der Waals surface area (Å²) in [5.41, 5.74) is 5.98. The van der Waals surface area contributed by atoms with Gasteiger partial charge in [0.05, 0.1) is 18.3 Å². The van der Waals surface area contributed by atoms with Crippen molar-refractivity contribution in [3.8, 4) is 17.1 Å². The molecule has 0 saturated heterocycles. The van der Waals surface area contributed by atoms with Crippen LogP contribution in [0, 0.1) is 20.8 Å². The van der Waals surface area contributed by atoms with Gasteiger partial charge in [0.1, 0.15) is 11.4 Å². The summed E-state index contributed by atoms with van der Waals surface area (Å²) in [6, 6.07) is 11.6. The van der Waals surface area contributed by atoms with E-state index in [0.29, 0.717) is 31.1 Å². The molecule has 2 heterocycles. The van der Waals surface area contributed by atoms with Gasteiger partial charge in [-0.1, -0.05) is 11.6 Å². The molecule has 4 aromatic rings. The van der Waals surface area contributed by atoms with E-state index in [2.05, 4.69) is 5.10 Å². The zero-order valence-corrected chi connectivity index (χ0v) is 21.6. The van der Waals surface area contributed by atoms with Crippen LogP contribution in [-0.2, 0) is 13.1 Å². The molecule has 0 radical (unpaired) electrons. The minimum absolute atomic E-state index is 0.0905. The number of aromatic nitrogens is 4. The highest BCUT2D eigenvalue weighted by Crippen LogP contribution is 2.28. The molecular weight excluding hydrogens is 454 g/mol. The minimum Gasteiger partial charge on any atom is -0.493 e. The van der Waals surface area contributed by atoms with Gasteiger partial charge in [-0.25, -0.2) is 9.97 Å². The molecule has 0 bridgehead atoms. The summed E-state index contributed by atoms with van der Waals surface area (Å²) in [5, 5.41) is 14.1. The molecule has 8 heteroatoms. The first-order valence-electron chi connectivity index (χ1n) is 12.2. The molecule has 0 spiro atoms. The fourth-order valence-corrected chi connectivity index (χ4v) is 4.22. The highest BCUT2D eigenvalue weighted by atomic mass is 16.5. The molecule has 1 amide bonds. The van der Waals surface area contributed by atoms with E-state index in [1.807, 2.05) is 75.0 Å². The fourth-order valence-electron chi connectivity index (χ4n) is 4.22. The molecule has 0 unspecified atom stereocenters. The third-order valence-electron chi connectivity index (χ3n) is 6.32. The van der Waals surface area contributed by atoms with E-state index in [-0.39, 0.29) is 12.5 Å². The number of hydrogen-bond acceptors (Lipinski definition) is 6. The third kappa shape index (κ3) is 5.23.